The third-order valence-electron chi connectivity index (χ3n) is 3.51. The van der Waals surface area contributed by atoms with Crippen molar-refractivity contribution in [1.29, 1.82) is 0 Å². The molecule has 1 aromatic carbocycles. The number of halogens is 1. The molecule has 1 fully saturated rings. The summed E-state index contributed by atoms with van der Waals surface area (Å²) in [5.41, 5.74) is 0.811. The normalized spacial score (nSPS) is 15.0. The average molecular weight is 329 g/mol. The summed E-state index contributed by atoms with van der Waals surface area (Å²) >= 11 is 0. The fraction of sp³-hybridized carbons (Fsp3) is 0.562. The van der Waals surface area contributed by atoms with Crippen LogP contribution in [0.15, 0.2) is 24.3 Å². The fourth-order valence-corrected chi connectivity index (χ4v) is 2.26. The predicted molar refractivity (Wildman–Crippen MR) is 89.9 cm³/mol. The minimum atomic E-state index is 0. The van der Waals surface area contributed by atoms with Crippen LogP contribution in [0, 0.1) is 5.92 Å². The lowest BCUT2D eigenvalue weighted by Crippen LogP contribution is -2.28. The number of carbonyl (C=O) groups excluding carboxylic acids is 1. The number of hydrogen-bond donors (Lipinski definition) is 2. The number of benzene rings is 1. The van der Waals surface area contributed by atoms with Crippen molar-refractivity contribution in [2.24, 2.45) is 5.92 Å². The Labute approximate surface area is 138 Å². The van der Waals surface area contributed by atoms with E-state index in [-0.39, 0.29) is 24.2 Å². The van der Waals surface area contributed by atoms with Gasteiger partial charge >= 0.3 is 0 Å². The zero-order valence-corrected chi connectivity index (χ0v) is 13.8. The van der Waals surface area contributed by atoms with Gasteiger partial charge in [-0.3, -0.25) is 4.79 Å². The number of likely N-dealkylation sites (N-methyl/N-ethyl adjacent to an activating group) is 1. The van der Waals surface area contributed by atoms with Crippen LogP contribution in [-0.4, -0.2) is 38.8 Å². The molecule has 124 valence electrons. The second-order valence-corrected chi connectivity index (χ2v) is 5.10. The Morgan fingerprint density at radius 2 is 1.95 bits per heavy atom. The molecule has 0 aliphatic carbocycles. The summed E-state index contributed by atoms with van der Waals surface area (Å²) in [6.07, 6.45) is 1.61. The van der Waals surface area contributed by atoms with Gasteiger partial charge in [0.2, 0.25) is 5.91 Å². The summed E-state index contributed by atoms with van der Waals surface area (Å²) in [7, 11) is 0. The standard InChI is InChI=1S/C16H24N2O3.ClH/c1-2-17-9-12-21-15-5-3-14(4-6-15)18-16(19)13-7-10-20-11-8-13;/h3-6,13,17H,2,7-12H2,1H3,(H,18,19);1H. The van der Waals surface area contributed by atoms with E-state index in [1.165, 1.54) is 0 Å². The highest BCUT2D eigenvalue weighted by Gasteiger charge is 2.21. The first-order valence-corrected chi connectivity index (χ1v) is 7.62. The van der Waals surface area contributed by atoms with Crippen LogP contribution in [0.2, 0.25) is 0 Å². The number of anilines is 1. The molecule has 2 N–H and O–H groups in total. The van der Waals surface area contributed by atoms with Crippen molar-refractivity contribution in [2.45, 2.75) is 19.8 Å². The topological polar surface area (TPSA) is 59.6 Å². The van der Waals surface area contributed by atoms with E-state index in [2.05, 4.69) is 17.6 Å². The maximum absolute atomic E-state index is 12.1. The first-order valence-electron chi connectivity index (χ1n) is 7.62. The first kappa shape index (κ1) is 18.7. The van der Waals surface area contributed by atoms with E-state index in [0.29, 0.717) is 19.8 Å². The Hall–Kier alpha value is -1.30. The molecular formula is C16H25ClN2O3. The van der Waals surface area contributed by atoms with Gasteiger partial charge in [-0.2, -0.15) is 0 Å². The zero-order chi connectivity index (χ0) is 14.9. The van der Waals surface area contributed by atoms with E-state index in [0.717, 1.165) is 37.4 Å². The highest BCUT2D eigenvalue weighted by Crippen LogP contribution is 2.19. The molecule has 1 aliphatic heterocycles. The SMILES string of the molecule is CCNCCOc1ccc(NC(=O)C2CCOCC2)cc1.Cl. The number of ether oxygens (including phenoxy) is 2. The highest BCUT2D eigenvalue weighted by atomic mass is 35.5. The summed E-state index contributed by atoms with van der Waals surface area (Å²) in [5.74, 6) is 0.964. The number of hydrogen-bond acceptors (Lipinski definition) is 4. The second-order valence-electron chi connectivity index (χ2n) is 5.10. The Balaban J connectivity index is 0.00000242. The Morgan fingerprint density at radius 3 is 2.59 bits per heavy atom. The van der Waals surface area contributed by atoms with Gasteiger partial charge in [0.05, 0.1) is 0 Å². The van der Waals surface area contributed by atoms with Crippen LogP contribution >= 0.6 is 12.4 Å². The molecule has 0 aromatic heterocycles. The molecule has 1 amide bonds. The van der Waals surface area contributed by atoms with Gasteiger partial charge in [0.25, 0.3) is 0 Å². The third kappa shape index (κ3) is 6.22. The van der Waals surface area contributed by atoms with Crippen LogP contribution in [0.3, 0.4) is 0 Å². The lowest BCUT2D eigenvalue weighted by molar-refractivity contribution is -0.122. The Bertz CT molecular complexity index is 434. The van der Waals surface area contributed by atoms with Crippen molar-refractivity contribution in [3.05, 3.63) is 24.3 Å². The zero-order valence-electron chi connectivity index (χ0n) is 13.0. The van der Waals surface area contributed by atoms with E-state index >= 15 is 0 Å². The van der Waals surface area contributed by atoms with E-state index in [4.69, 9.17) is 9.47 Å². The molecule has 2 rings (SSSR count). The quantitative estimate of drug-likeness (QED) is 0.755. The molecule has 22 heavy (non-hydrogen) atoms. The summed E-state index contributed by atoms with van der Waals surface area (Å²) in [4.78, 5) is 12.1. The maximum atomic E-state index is 12.1. The lowest BCUT2D eigenvalue weighted by atomic mass is 9.99. The van der Waals surface area contributed by atoms with Gasteiger partial charge in [-0.15, -0.1) is 12.4 Å². The molecule has 1 aliphatic rings. The molecule has 0 bridgehead atoms. The molecule has 5 nitrogen and oxygen atoms in total. The van der Waals surface area contributed by atoms with Crippen molar-refractivity contribution in [1.82, 2.24) is 5.32 Å². The molecule has 1 heterocycles. The van der Waals surface area contributed by atoms with E-state index in [9.17, 15) is 4.79 Å². The summed E-state index contributed by atoms with van der Waals surface area (Å²) < 4.78 is 10.9. The van der Waals surface area contributed by atoms with Crippen molar-refractivity contribution in [3.8, 4) is 5.75 Å². The van der Waals surface area contributed by atoms with Crippen LogP contribution in [0.25, 0.3) is 0 Å². The van der Waals surface area contributed by atoms with Gasteiger partial charge in [-0.05, 0) is 43.7 Å². The molecule has 0 spiro atoms. The summed E-state index contributed by atoms with van der Waals surface area (Å²) in [6, 6.07) is 7.51. The first-order chi connectivity index (χ1) is 10.3. The van der Waals surface area contributed by atoms with Crippen LogP contribution in [0.1, 0.15) is 19.8 Å². The van der Waals surface area contributed by atoms with Crippen molar-refractivity contribution < 1.29 is 14.3 Å². The minimum absolute atomic E-state index is 0. The monoisotopic (exact) mass is 328 g/mol. The predicted octanol–water partition coefficient (Wildman–Crippen LogP) is 2.46. The van der Waals surface area contributed by atoms with Crippen LogP contribution in [-0.2, 0) is 9.53 Å². The van der Waals surface area contributed by atoms with Crippen LogP contribution < -0.4 is 15.4 Å². The van der Waals surface area contributed by atoms with Gasteiger partial charge in [-0.1, -0.05) is 6.92 Å². The minimum Gasteiger partial charge on any atom is -0.492 e. The van der Waals surface area contributed by atoms with Crippen molar-refractivity contribution >= 4 is 24.0 Å². The molecule has 0 unspecified atom stereocenters. The van der Waals surface area contributed by atoms with Gasteiger partial charge in [-0.25, -0.2) is 0 Å². The van der Waals surface area contributed by atoms with Crippen LogP contribution in [0.5, 0.6) is 5.75 Å². The maximum Gasteiger partial charge on any atom is 0.227 e. The molecular weight excluding hydrogens is 304 g/mol. The second kappa shape index (κ2) is 10.4. The molecule has 1 saturated heterocycles. The molecule has 0 atom stereocenters. The van der Waals surface area contributed by atoms with Gasteiger partial charge in [0, 0.05) is 31.4 Å². The van der Waals surface area contributed by atoms with Crippen LogP contribution in [0.4, 0.5) is 5.69 Å². The number of amides is 1. The number of rotatable bonds is 7. The van der Waals surface area contributed by atoms with Crippen molar-refractivity contribution in [3.63, 3.8) is 0 Å². The Morgan fingerprint density at radius 1 is 1.27 bits per heavy atom. The average Bonchev–Trinajstić information content (AvgIpc) is 2.54. The number of nitrogens with one attached hydrogen (secondary N) is 2. The molecule has 0 saturated carbocycles. The molecule has 6 heteroatoms. The number of carbonyl (C=O) groups is 1. The largest absolute Gasteiger partial charge is 0.492 e. The smallest absolute Gasteiger partial charge is 0.227 e. The summed E-state index contributed by atoms with van der Waals surface area (Å²) in [5, 5.41) is 6.15. The molecule has 1 aromatic rings. The lowest BCUT2D eigenvalue weighted by Gasteiger charge is -2.21. The van der Waals surface area contributed by atoms with Gasteiger partial charge in [0.1, 0.15) is 12.4 Å². The Kier molecular flexibility index (Phi) is 8.89. The third-order valence-corrected chi connectivity index (χ3v) is 3.51. The molecule has 0 radical (unpaired) electrons. The van der Waals surface area contributed by atoms with E-state index in [1.54, 1.807) is 0 Å². The van der Waals surface area contributed by atoms with Gasteiger partial charge in [0.15, 0.2) is 0 Å². The van der Waals surface area contributed by atoms with Crippen molar-refractivity contribution in [2.75, 3.05) is 38.2 Å². The van der Waals surface area contributed by atoms with Gasteiger partial charge < -0.3 is 20.1 Å². The van der Waals surface area contributed by atoms with E-state index < -0.39 is 0 Å². The van der Waals surface area contributed by atoms with E-state index in [1.807, 2.05) is 24.3 Å². The summed E-state index contributed by atoms with van der Waals surface area (Å²) in [6.45, 7) is 5.84. The fourth-order valence-electron chi connectivity index (χ4n) is 2.26. The highest BCUT2D eigenvalue weighted by molar-refractivity contribution is 5.92.